The van der Waals surface area contributed by atoms with Crippen LogP contribution >= 0.6 is 0 Å². The maximum absolute atomic E-state index is 12.6. The van der Waals surface area contributed by atoms with Crippen molar-refractivity contribution in [3.8, 4) is 11.3 Å². The summed E-state index contributed by atoms with van der Waals surface area (Å²) in [6.45, 7) is 2.07. The molecule has 0 aromatic carbocycles. The Morgan fingerprint density at radius 1 is 1.19 bits per heavy atom. The lowest BCUT2D eigenvalue weighted by Crippen LogP contribution is -2.40. The van der Waals surface area contributed by atoms with E-state index in [4.69, 9.17) is 14.6 Å². The van der Waals surface area contributed by atoms with Crippen LogP contribution in [0.5, 0.6) is 0 Å². The second-order valence-electron chi connectivity index (χ2n) is 7.02. The zero-order valence-corrected chi connectivity index (χ0v) is 16.5. The van der Waals surface area contributed by atoms with Gasteiger partial charge >= 0.3 is 12.1 Å². The molecule has 31 heavy (non-hydrogen) atoms. The average molecular weight is 438 g/mol. The molecule has 4 rings (SSSR count). The molecule has 4 heterocycles. The summed E-state index contributed by atoms with van der Waals surface area (Å²) in [5, 5.41) is 7.12. The molecule has 0 unspecified atom stereocenters. The van der Waals surface area contributed by atoms with E-state index in [0.717, 1.165) is 48.2 Å². The topological polar surface area (TPSA) is 106 Å². The van der Waals surface area contributed by atoms with E-state index in [2.05, 4.69) is 15.0 Å². The van der Waals surface area contributed by atoms with Crippen molar-refractivity contribution >= 4 is 11.9 Å². The van der Waals surface area contributed by atoms with Gasteiger partial charge in [-0.2, -0.15) is 13.2 Å². The van der Waals surface area contributed by atoms with E-state index in [9.17, 15) is 18.0 Å². The number of hydrogen-bond donors (Lipinski definition) is 1. The molecule has 0 radical (unpaired) electrons. The summed E-state index contributed by atoms with van der Waals surface area (Å²) < 4.78 is 37.3. The summed E-state index contributed by atoms with van der Waals surface area (Å²) in [6, 6.07) is 3.92. The van der Waals surface area contributed by atoms with Gasteiger partial charge in [0, 0.05) is 55.3 Å². The number of alkyl halides is 3. The molecule has 11 heteroatoms. The highest BCUT2D eigenvalue weighted by atomic mass is 19.4. The van der Waals surface area contributed by atoms with Crippen LogP contribution in [-0.2, 0) is 27.2 Å². The first-order valence-electron chi connectivity index (χ1n) is 9.71. The number of pyridine rings is 1. The SMILES string of the molecule is O=C(O)C(F)(F)F.O=C([C@H]1CCCO1)N1CCc2ncnc(-c3cccnc3)c2CC1. The number of aliphatic carboxylic acids is 1. The number of carboxylic acids is 1. The molecule has 8 nitrogen and oxygen atoms in total. The first kappa shape index (κ1) is 22.6. The van der Waals surface area contributed by atoms with Gasteiger partial charge in [0.1, 0.15) is 12.4 Å². The van der Waals surface area contributed by atoms with Gasteiger partial charge in [-0.05, 0) is 31.4 Å². The van der Waals surface area contributed by atoms with E-state index in [1.54, 1.807) is 12.5 Å². The number of nitrogens with zero attached hydrogens (tertiary/aromatic N) is 4. The number of carboxylic acid groups (broad SMARTS) is 1. The van der Waals surface area contributed by atoms with Gasteiger partial charge in [-0.15, -0.1) is 0 Å². The molecule has 0 bridgehead atoms. The molecule has 166 valence electrons. The Morgan fingerprint density at radius 2 is 1.94 bits per heavy atom. The van der Waals surface area contributed by atoms with Gasteiger partial charge in [0.2, 0.25) is 0 Å². The number of rotatable bonds is 2. The Kier molecular flexibility index (Phi) is 7.16. The van der Waals surface area contributed by atoms with Gasteiger partial charge < -0.3 is 14.7 Å². The van der Waals surface area contributed by atoms with Crippen molar-refractivity contribution in [3.63, 3.8) is 0 Å². The summed E-state index contributed by atoms with van der Waals surface area (Å²) in [6.07, 6.45) is 3.18. The number of aromatic nitrogens is 3. The summed E-state index contributed by atoms with van der Waals surface area (Å²) in [5.74, 6) is -2.64. The minimum atomic E-state index is -5.08. The Labute approximate surface area is 176 Å². The fraction of sp³-hybridized carbons (Fsp3) is 0.450. The van der Waals surface area contributed by atoms with Crippen molar-refractivity contribution in [3.05, 3.63) is 42.1 Å². The lowest BCUT2D eigenvalue weighted by atomic mass is 10.0. The first-order valence-corrected chi connectivity index (χ1v) is 9.71. The minimum absolute atomic E-state index is 0.121. The van der Waals surface area contributed by atoms with Gasteiger partial charge in [-0.25, -0.2) is 14.8 Å². The van der Waals surface area contributed by atoms with E-state index in [-0.39, 0.29) is 12.0 Å². The Bertz CT molecular complexity index is 918. The molecule has 0 saturated carbocycles. The molecule has 2 aliphatic heterocycles. The summed E-state index contributed by atoms with van der Waals surface area (Å²) >= 11 is 0. The molecule has 0 aliphatic carbocycles. The highest BCUT2D eigenvalue weighted by Crippen LogP contribution is 2.26. The summed E-state index contributed by atoms with van der Waals surface area (Å²) in [5.41, 5.74) is 4.09. The van der Waals surface area contributed by atoms with Crippen LogP contribution in [0.4, 0.5) is 13.2 Å². The summed E-state index contributed by atoms with van der Waals surface area (Å²) in [4.78, 5) is 36.5. The van der Waals surface area contributed by atoms with Crippen LogP contribution in [0.15, 0.2) is 30.9 Å². The normalized spacial score (nSPS) is 18.4. The third-order valence-electron chi connectivity index (χ3n) is 4.98. The van der Waals surface area contributed by atoms with Gasteiger partial charge in [0.15, 0.2) is 0 Å². The van der Waals surface area contributed by atoms with Crippen LogP contribution in [-0.4, -0.2) is 68.8 Å². The minimum Gasteiger partial charge on any atom is -0.475 e. The average Bonchev–Trinajstić information content (AvgIpc) is 3.20. The smallest absolute Gasteiger partial charge is 0.475 e. The quantitative estimate of drug-likeness (QED) is 0.767. The second kappa shape index (κ2) is 9.82. The predicted octanol–water partition coefficient (Wildman–Crippen LogP) is 2.28. The molecule has 2 aliphatic rings. The molecule has 1 atom stereocenters. The number of halogens is 3. The standard InChI is InChI=1S/C18H20N4O2.C2HF3O2/c23-18(16-4-2-10-24-16)22-8-5-14-15(6-9-22)20-12-21-17(14)13-3-1-7-19-11-13;3-2(4,5)1(6)7/h1,3,7,11-12,16H,2,4-6,8-10H2;(H,6,7)/t16-;/m1./s1. The molecule has 1 saturated heterocycles. The van der Waals surface area contributed by atoms with Crippen LogP contribution in [0.3, 0.4) is 0 Å². The second-order valence-corrected chi connectivity index (χ2v) is 7.02. The third kappa shape index (κ3) is 5.75. The predicted molar refractivity (Wildman–Crippen MR) is 102 cm³/mol. The van der Waals surface area contributed by atoms with Crippen molar-refractivity contribution in [1.29, 1.82) is 0 Å². The highest BCUT2D eigenvalue weighted by molar-refractivity contribution is 5.81. The zero-order valence-electron chi connectivity index (χ0n) is 16.5. The molecular formula is C20H21F3N4O4. The van der Waals surface area contributed by atoms with Gasteiger partial charge in [-0.1, -0.05) is 0 Å². The lowest BCUT2D eigenvalue weighted by molar-refractivity contribution is -0.192. The molecule has 2 aromatic heterocycles. The number of amides is 1. The maximum Gasteiger partial charge on any atom is 0.490 e. The lowest BCUT2D eigenvalue weighted by Gasteiger charge is -2.23. The van der Waals surface area contributed by atoms with E-state index >= 15 is 0 Å². The van der Waals surface area contributed by atoms with Crippen molar-refractivity contribution < 1.29 is 32.6 Å². The zero-order chi connectivity index (χ0) is 22.4. The van der Waals surface area contributed by atoms with E-state index in [1.165, 1.54) is 0 Å². The Morgan fingerprint density at radius 3 is 2.55 bits per heavy atom. The number of hydrogen-bond acceptors (Lipinski definition) is 6. The number of carbonyl (C=O) groups excluding carboxylic acids is 1. The van der Waals surface area contributed by atoms with Gasteiger partial charge in [0.05, 0.1) is 5.69 Å². The van der Waals surface area contributed by atoms with Crippen LogP contribution in [0, 0.1) is 0 Å². The monoisotopic (exact) mass is 438 g/mol. The molecule has 2 aromatic rings. The Hall–Kier alpha value is -3.08. The van der Waals surface area contributed by atoms with Crippen molar-refractivity contribution in [1.82, 2.24) is 19.9 Å². The number of carbonyl (C=O) groups is 2. The largest absolute Gasteiger partial charge is 0.490 e. The maximum atomic E-state index is 12.6. The van der Waals surface area contributed by atoms with Crippen LogP contribution in [0.2, 0.25) is 0 Å². The van der Waals surface area contributed by atoms with E-state index in [1.807, 2.05) is 23.2 Å². The number of ether oxygens (including phenoxy) is 1. The first-order chi connectivity index (χ1) is 14.8. The Balaban J connectivity index is 0.000000339. The number of fused-ring (bicyclic) bond motifs is 1. The van der Waals surface area contributed by atoms with Crippen LogP contribution in [0.25, 0.3) is 11.3 Å². The molecule has 1 amide bonds. The highest BCUT2D eigenvalue weighted by Gasteiger charge is 2.38. The van der Waals surface area contributed by atoms with Crippen LogP contribution in [0.1, 0.15) is 24.1 Å². The van der Waals surface area contributed by atoms with E-state index < -0.39 is 12.1 Å². The van der Waals surface area contributed by atoms with Crippen molar-refractivity contribution in [2.45, 2.75) is 38.0 Å². The van der Waals surface area contributed by atoms with Crippen molar-refractivity contribution in [2.75, 3.05) is 19.7 Å². The summed E-state index contributed by atoms with van der Waals surface area (Å²) in [7, 11) is 0. The molecular weight excluding hydrogens is 417 g/mol. The molecule has 1 fully saturated rings. The van der Waals surface area contributed by atoms with Crippen LogP contribution < -0.4 is 0 Å². The van der Waals surface area contributed by atoms with E-state index in [0.29, 0.717) is 19.7 Å². The fourth-order valence-electron chi connectivity index (χ4n) is 3.47. The van der Waals surface area contributed by atoms with Gasteiger partial charge in [-0.3, -0.25) is 9.78 Å². The fourth-order valence-corrected chi connectivity index (χ4v) is 3.47. The molecule has 1 N–H and O–H groups in total. The third-order valence-corrected chi connectivity index (χ3v) is 4.98. The van der Waals surface area contributed by atoms with Crippen molar-refractivity contribution in [2.24, 2.45) is 0 Å². The van der Waals surface area contributed by atoms with Gasteiger partial charge in [0.25, 0.3) is 5.91 Å². The molecule has 0 spiro atoms.